The lowest BCUT2D eigenvalue weighted by Crippen LogP contribution is -2.49. The third-order valence-corrected chi connectivity index (χ3v) is 4.30. The molecule has 0 aliphatic carbocycles. The summed E-state index contributed by atoms with van der Waals surface area (Å²) in [7, 11) is 0. The standard InChI is InChI=1S/C14H25N3O2/c1-11(15)12-5-4-8-16(9-12)14(19)10-17-7-3-2-6-13(17)18/h11-12H,2-10,15H2,1H3/t11-,12-/m1/s1. The van der Waals surface area contributed by atoms with Gasteiger partial charge in [0, 0.05) is 32.1 Å². The Morgan fingerprint density at radius 1 is 1.37 bits per heavy atom. The molecule has 0 spiro atoms. The first kappa shape index (κ1) is 14.3. The maximum absolute atomic E-state index is 12.3. The molecule has 2 aliphatic rings. The maximum Gasteiger partial charge on any atom is 0.242 e. The smallest absolute Gasteiger partial charge is 0.242 e. The third kappa shape index (κ3) is 3.69. The Hall–Kier alpha value is -1.10. The van der Waals surface area contributed by atoms with Gasteiger partial charge in [-0.3, -0.25) is 9.59 Å². The Balaban J connectivity index is 1.86. The fourth-order valence-electron chi connectivity index (χ4n) is 2.96. The summed E-state index contributed by atoms with van der Waals surface area (Å²) in [6.07, 6.45) is 4.69. The highest BCUT2D eigenvalue weighted by atomic mass is 16.2. The number of nitrogens with zero attached hydrogens (tertiary/aromatic N) is 2. The number of carbonyl (C=O) groups is 2. The predicted molar refractivity (Wildman–Crippen MR) is 73.4 cm³/mol. The molecule has 2 atom stereocenters. The van der Waals surface area contributed by atoms with E-state index in [-0.39, 0.29) is 24.4 Å². The molecule has 2 saturated heterocycles. The molecule has 2 aliphatic heterocycles. The fourth-order valence-corrected chi connectivity index (χ4v) is 2.96. The number of likely N-dealkylation sites (tertiary alicyclic amines) is 2. The first-order valence-corrected chi connectivity index (χ1v) is 7.39. The van der Waals surface area contributed by atoms with Crippen LogP contribution in [0.25, 0.3) is 0 Å². The Labute approximate surface area is 115 Å². The van der Waals surface area contributed by atoms with Crippen molar-refractivity contribution in [3.8, 4) is 0 Å². The summed E-state index contributed by atoms with van der Waals surface area (Å²) >= 11 is 0. The molecule has 0 radical (unpaired) electrons. The molecular formula is C14H25N3O2. The van der Waals surface area contributed by atoms with E-state index in [9.17, 15) is 9.59 Å². The van der Waals surface area contributed by atoms with Crippen molar-refractivity contribution in [2.24, 2.45) is 11.7 Å². The number of carbonyl (C=O) groups excluding carboxylic acids is 2. The molecule has 0 aromatic carbocycles. The van der Waals surface area contributed by atoms with E-state index in [1.165, 1.54) is 0 Å². The maximum atomic E-state index is 12.3. The van der Waals surface area contributed by atoms with Crippen LogP contribution in [0.15, 0.2) is 0 Å². The highest BCUT2D eigenvalue weighted by molar-refractivity contribution is 5.85. The molecule has 5 nitrogen and oxygen atoms in total. The molecule has 19 heavy (non-hydrogen) atoms. The molecule has 2 heterocycles. The van der Waals surface area contributed by atoms with Gasteiger partial charge in [0.25, 0.3) is 0 Å². The third-order valence-electron chi connectivity index (χ3n) is 4.30. The van der Waals surface area contributed by atoms with Crippen LogP contribution >= 0.6 is 0 Å². The van der Waals surface area contributed by atoms with Gasteiger partial charge >= 0.3 is 0 Å². The molecule has 0 unspecified atom stereocenters. The van der Waals surface area contributed by atoms with Gasteiger partial charge in [-0.25, -0.2) is 0 Å². The zero-order valence-corrected chi connectivity index (χ0v) is 11.8. The van der Waals surface area contributed by atoms with E-state index in [4.69, 9.17) is 5.73 Å². The van der Waals surface area contributed by atoms with Gasteiger partial charge in [0.05, 0.1) is 6.54 Å². The molecule has 0 bridgehead atoms. The summed E-state index contributed by atoms with van der Waals surface area (Å²) in [5.74, 6) is 0.607. The largest absolute Gasteiger partial charge is 0.341 e. The van der Waals surface area contributed by atoms with E-state index in [1.54, 1.807) is 4.90 Å². The van der Waals surface area contributed by atoms with Crippen molar-refractivity contribution in [1.29, 1.82) is 0 Å². The van der Waals surface area contributed by atoms with E-state index < -0.39 is 0 Å². The number of hydrogen-bond acceptors (Lipinski definition) is 3. The van der Waals surface area contributed by atoms with Gasteiger partial charge in [-0.15, -0.1) is 0 Å². The topological polar surface area (TPSA) is 66.6 Å². The lowest BCUT2D eigenvalue weighted by Gasteiger charge is -2.36. The molecule has 108 valence electrons. The molecule has 0 saturated carbocycles. The lowest BCUT2D eigenvalue weighted by molar-refractivity contribution is -0.142. The summed E-state index contributed by atoms with van der Waals surface area (Å²) < 4.78 is 0. The number of hydrogen-bond donors (Lipinski definition) is 1. The fraction of sp³-hybridized carbons (Fsp3) is 0.857. The van der Waals surface area contributed by atoms with Gasteiger partial charge in [-0.2, -0.15) is 0 Å². The number of amides is 2. The quantitative estimate of drug-likeness (QED) is 0.813. The van der Waals surface area contributed by atoms with Crippen LogP contribution in [-0.2, 0) is 9.59 Å². The number of rotatable bonds is 3. The van der Waals surface area contributed by atoms with Crippen LogP contribution in [0, 0.1) is 5.92 Å². The minimum atomic E-state index is 0.0839. The summed E-state index contributed by atoms with van der Waals surface area (Å²) in [4.78, 5) is 27.6. The van der Waals surface area contributed by atoms with Crippen LogP contribution < -0.4 is 5.73 Å². The molecule has 5 heteroatoms. The monoisotopic (exact) mass is 267 g/mol. The van der Waals surface area contributed by atoms with Crippen molar-refractivity contribution in [3.05, 3.63) is 0 Å². The summed E-state index contributed by atoms with van der Waals surface area (Å²) in [5.41, 5.74) is 5.93. The minimum Gasteiger partial charge on any atom is -0.341 e. The molecule has 2 N–H and O–H groups in total. The lowest BCUT2D eigenvalue weighted by atomic mass is 9.92. The van der Waals surface area contributed by atoms with Crippen molar-refractivity contribution >= 4 is 11.8 Å². The minimum absolute atomic E-state index is 0.0839. The zero-order valence-electron chi connectivity index (χ0n) is 11.8. The van der Waals surface area contributed by atoms with E-state index >= 15 is 0 Å². The van der Waals surface area contributed by atoms with Gasteiger partial charge in [0.15, 0.2) is 0 Å². The Morgan fingerprint density at radius 2 is 2.16 bits per heavy atom. The molecule has 2 rings (SSSR count). The van der Waals surface area contributed by atoms with Crippen molar-refractivity contribution < 1.29 is 9.59 Å². The second kappa shape index (κ2) is 6.37. The normalized spacial score (nSPS) is 26.4. The Morgan fingerprint density at radius 3 is 2.84 bits per heavy atom. The Kier molecular flexibility index (Phi) is 4.80. The van der Waals surface area contributed by atoms with E-state index in [0.29, 0.717) is 12.3 Å². The van der Waals surface area contributed by atoms with Crippen molar-refractivity contribution in [2.45, 2.75) is 45.1 Å². The van der Waals surface area contributed by atoms with Gasteiger partial charge < -0.3 is 15.5 Å². The van der Waals surface area contributed by atoms with Gasteiger partial charge in [-0.1, -0.05) is 0 Å². The van der Waals surface area contributed by atoms with Gasteiger partial charge in [0.1, 0.15) is 0 Å². The molecule has 0 aromatic rings. The summed E-state index contributed by atoms with van der Waals surface area (Å²) in [6.45, 7) is 4.55. The van der Waals surface area contributed by atoms with E-state index in [0.717, 1.165) is 45.3 Å². The SMILES string of the molecule is C[C@@H](N)[C@@H]1CCCN(C(=O)CN2CCCCC2=O)C1. The van der Waals surface area contributed by atoms with Crippen LogP contribution in [0.2, 0.25) is 0 Å². The van der Waals surface area contributed by atoms with Crippen molar-refractivity contribution in [3.63, 3.8) is 0 Å². The van der Waals surface area contributed by atoms with Crippen LogP contribution in [0.4, 0.5) is 0 Å². The van der Waals surface area contributed by atoms with Gasteiger partial charge in [0.2, 0.25) is 11.8 Å². The Bertz CT molecular complexity index is 344. The second-order valence-corrected chi connectivity index (χ2v) is 5.87. The van der Waals surface area contributed by atoms with Gasteiger partial charge in [-0.05, 0) is 38.5 Å². The first-order valence-electron chi connectivity index (χ1n) is 7.39. The summed E-state index contributed by atoms with van der Waals surface area (Å²) in [5, 5.41) is 0. The van der Waals surface area contributed by atoms with Crippen LogP contribution in [0.5, 0.6) is 0 Å². The molecule has 2 fully saturated rings. The van der Waals surface area contributed by atoms with Crippen LogP contribution in [0.3, 0.4) is 0 Å². The zero-order chi connectivity index (χ0) is 13.8. The van der Waals surface area contributed by atoms with Crippen molar-refractivity contribution in [2.75, 3.05) is 26.2 Å². The highest BCUT2D eigenvalue weighted by Crippen LogP contribution is 2.19. The number of piperidine rings is 2. The van der Waals surface area contributed by atoms with Crippen molar-refractivity contribution in [1.82, 2.24) is 9.80 Å². The average Bonchev–Trinajstić information content (AvgIpc) is 2.41. The highest BCUT2D eigenvalue weighted by Gasteiger charge is 2.28. The predicted octanol–water partition coefficient (Wildman–Crippen LogP) is 0.585. The molecule has 2 amide bonds. The second-order valence-electron chi connectivity index (χ2n) is 5.87. The molecule has 0 aromatic heterocycles. The van der Waals surface area contributed by atoms with E-state index in [1.807, 2.05) is 11.8 Å². The number of nitrogens with two attached hydrogens (primary N) is 1. The average molecular weight is 267 g/mol. The first-order chi connectivity index (χ1) is 9.08. The molecular weight excluding hydrogens is 242 g/mol. The summed E-state index contributed by atoms with van der Waals surface area (Å²) in [6, 6.07) is 0.132. The van der Waals surface area contributed by atoms with E-state index in [2.05, 4.69) is 0 Å². The van der Waals surface area contributed by atoms with Crippen LogP contribution in [-0.4, -0.2) is 53.8 Å². The van der Waals surface area contributed by atoms with Crippen LogP contribution in [0.1, 0.15) is 39.0 Å².